The molecule has 0 unspecified atom stereocenters. The molecule has 0 heterocycles. The molecule has 1 amide bonds. The highest BCUT2D eigenvalue weighted by Crippen LogP contribution is 2.26. The van der Waals surface area contributed by atoms with Crippen LogP contribution in [0.25, 0.3) is 0 Å². The first kappa shape index (κ1) is 15.8. The van der Waals surface area contributed by atoms with E-state index < -0.39 is 6.43 Å². The molecule has 0 aliphatic heterocycles. The van der Waals surface area contributed by atoms with Gasteiger partial charge in [0, 0.05) is 24.2 Å². The Balaban J connectivity index is 0.00000256. The Morgan fingerprint density at radius 2 is 1.82 bits per heavy atom. The van der Waals surface area contributed by atoms with Crippen molar-refractivity contribution in [3.63, 3.8) is 0 Å². The molecule has 0 saturated carbocycles. The summed E-state index contributed by atoms with van der Waals surface area (Å²) in [4.78, 5) is 10.8. The zero-order valence-corrected chi connectivity index (χ0v) is 10.4. The van der Waals surface area contributed by atoms with Crippen molar-refractivity contribution in [2.45, 2.75) is 26.3 Å². The van der Waals surface area contributed by atoms with Gasteiger partial charge in [-0.15, -0.1) is 12.4 Å². The van der Waals surface area contributed by atoms with Gasteiger partial charge in [-0.25, -0.2) is 8.78 Å². The molecule has 0 bridgehead atoms. The summed E-state index contributed by atoms with van der Waals surface area (Å²) < 4.78 is 25.1. The Morgan fingerprint density at radius 3 is 2.24 bits per heavy atom. The van der Waals surface area contributed by atoms with Crippen molar-refractivity contribution in [1.29, 1.82) is 0 Å². The van der Waals surface area contributed by atoms with Gasteiger partial charge >= 0.3 is 0 Å². The van der Waals surface area contributed by atoms with Gasteiger partial charge in [0.25, 0.3) is 6.43 Å². The van der Waals surface area contributed by atoms with E-state index in [-0.39, 0.29) is 29.9 Å². The smallest absolute Gasteiger partial charge is 0.263 e. The number of benzene rings is 1. The molecule has 0 spiro atoms. The summed E-state index contributed by atoms with van der Waals surface area (Å²) in [6.07, 6.45) is -2.58. The molecule has 0 aliphatic carbocycles. The van der Waals surface area contributed by atoms with Gasteiger partial charge in [-0.1, -0.05) is 0 Å². The molecule has 1 atom stereocenters. The van der Waals surface area contributed by atoms with Gasteiger partial charge in [-0.05, 0) is 30.7 Å². The maximum atomic E-state index is 12.6. The second kappa shape index (κ2) is 6.51. The highest BCUT2D eigenvalue weighted by molar-refractivity contribution is 5.88. The van der Waals surface area contributed by atoms with Gasteiger partial charge in [0.05, 0.1) is 0 Å². The molecule has 0 aromatic heterocycles. The van der Waals surface area contributed by atoms with Crippen molar-refractivity contribution in [2.75, 3.05) is 5.32 Å². The Labute approximate surface area is 105 Å². The number of halogens is 3. The highest BCUT2D eigenvalue weighted by atomic mass is 35.5. The van der Waals surface area contributed by atoms with Gasteiger partial charge in [0.2, 0.25) is 5.91 Å². The fourth-order valence-corrected chi connectivity index (χ4v) is 1.34. The van der Waals surface area contributed by atoms with Crippen LogP contribution in [-0.4, -0.2) is 5.91 Å². The van der Waals surface area contributed by atoms with Crippen molar-refractivity contribution in [3.05, 3.63) is 29.3 Å². The van der Waals surface area contributed by atoms with Crippen LogP contribution in [0.2, 0.25) is 0 Å². The average molecular weight is 265 g/mol. The molecule has 3 N–H and O–H groups in total. The van der Waals surface area contributed by atoms with Crippen molar-refractivity contribution in [1.82, 2.24) is 0 Å². The van der Waals surface area contributed by atoms with Crippen LogP contribution in [0.15, 0.2) is 18.2 Å². The third kappa shape index (κ3) is 4.66. The summed E-state index contributed by atoms with van der Waals surface area (Å²) in [5.41, 5.74) is 6.40. The Kier molecular flexibility index (Phi) is 6.05. The fraction of sp³-hybridized carbons (Fsp3) is 0.364. The molecule has 6 heteroatoms. The lowest BCUT2D eigenvalue weighted by Gasteiger charge is -2.12. The first-order valence-corrected chi connectivity index (χ1v) is 4.86. The first-order valence-electron chi connectivity index (χ1n) is 4.86. The van der Waals surface area contributed by atoms with E-state index >= 15 is 0 Å². The predicted molar refractivity (Wildman–Crippen MR) is 65.6 cm³/mol. The number of anilines is 1. The van der Waals surface area contributed by atoms with Crippen molar-refractivity contribution in [2.24, 2.45) is 5.73 Å². The van der Waals surface area contributed by atoms with Crippen molar-refractivity contribution >= 4 is 24.0 Å². The van der Waals surface area contributed by atoms with Crippen LogP contribution < -0.4 is 11.1 Å². The van der Waals surface area contributed by atoms with E-state index in [0.717, 1.165) is 0 Å². The summed E-state index contributed by atoms with van der Waals surface area (Å²) in [6.45, 7) is 3.02. The topological polar surface area (TPSA) is 55.1 Å². The number of amides is 1. The quantitative estimate of drug-likeness (QED) is 0.882. The lowest BCUT2D eigenvalue weighted by Crippen LogP contribution is -2.10. The van der Waals surface area contributed by atoms with Crippen LogP contribution in [0.5, 0.6) is 0 Å². The SMILES string of the molecule is CC(=O)Nc1cc(C(F)F)cc([C@@H](C)N)c1.Cl. The van der Waals surface area contributed by atoms with Gasteiger partial charge in [-0.2, -0.15) is 0 Å². The van der Waals surface area contributed by atoms with Crippen LogP contribution in [0.1, 0.15) is 37.4 Å². The fourth-order valence-electron chi connectivity index (χ4n) is 1.34. The molecule has 1 rings (SSSR count). The summed E-state index contributed by atoms with van der Waals surface area (Å²) in [5, 5.41) is 2.47. The lowest BCUT2D eigenvalue weighted by molar-refractivity contribution is -0.114. The highest BCUT2D eigenvalue weighted by Gasteiger charge is 2.12. The molecule has 0 fully saturated rings. The lowest BCUT2D eigenvalue weighted by atomic mass is 10.0. The second-order valence-corrected chi connectivity index (χ2v) is 3.66. The van der Waals surface area contributed by atoms with Gasteiger partial charge < -0.3 is 11.1 Å². The van der Waals surface area contributed by atoms with E-state index in [0.29, 0.717) is 11.3 Å². The van der Waals surface area contributed by atoms with Gasteiger partial charge in [0.1, 0.15) is 0 Å². The molecule has 1 aromatic carbocycles. The minimum Gasteiger partial charge on any atom is -0.326 e. The normalized spacial score (nSPS) is 11.9. The Hall–Kier alpha value is -1.20. The Morgan fingerprint density at radius 1 is 1.29 bits per heavy atom. The number of carbonyl (C=O) groups excluding carboxylic acids is 1. The van der Waals surface area contributed by atoms with Crippen LogP contribution >= 0.6 is 12.4 Å². The van der Waals surface area contributed by atoms with Crippen LogP contribution in [-0.2, 0) is 4.79 Å². The summed E-state index contributed by atoms with van der Waals surface area (Å²) in [7, 11) is 0. The predicted octanol–water partition coefficient (Wildman–Crippen LogP) is 3.02. The molecule has 0 radical (unpaired) electrons. The number of carbonyl (C=O) groups is 1. The number of hydrogen-bond acceptors (Lipinski definition) is 2. The molecule has 17 heavy (non-hydrogen) atoms. The van der Waals surface area contributed by atoms with Gasteiger partial charge in [-0.3, -0.25) is 4.79 Å². The molecule has 0 saturated heterocycles. The molecule has 1 aromatic rings. The number of nitrogens with one attached hydrogen (secondary N) is 1. The summed E-state index contributed by atoms with van der Waals surface area (Å²) in [5.74, 6) is -0.304. The van der Waals surface area contributed by atoms with Crippen LogP contribution in [0, 0.1) is 0 Å². The standard InChI is InChI=1S/C11H14F2N2O.ClH/c1-6(14)8-3-9(11(12)13)5-10(4-8)15-7(2)16;/h3-6,11H,14H2,1-2H3,(H,15,16);1H/t6-;/m1./s1. The third-order valence-corrected chi connectivity index (χ3v) is 2.08. The average Bonchev–Trinajstić information content (AvgIpc) is 2.15. The first-order chi connectivity index (χ1) is 7.40. The zero-order chi connectivity index (χ0) is 12.3. The van der Waals surface area contributed by atoms with Crippen molar-refractivity contribution < 1.29 is 13.6 Å². The maximum absolute atomic E-state index is 12.6. The van der Waals surface area contributed by atoms with E-state index in [2.05, 4.69) is 5.32 Å². The van der Waals surface area contributed by atoms with E-state index in [1.54, 1.807) is 13.0 Å². The Bertz CT molecular complexity index is 371. The van der Waals surface area contributed by atoms with Crippen LogP contribution in [0.4, 0.5) is 14.5 Å². The molecule has 3 nitrogen and oxygen atoms in total. The number of hydrogen-bond donors (Lipinski definition) is 2. The van der Waals surface area contributed by atoms with E-state index in [9.17, 15) is 13.6 Å². The largest absolute Gasteiger partial charge is 0.326 e. The molecular formula is C11H15ClF2N2O. The molecular weight excluding hydrogens is 250 g/mol. The molecule has 96 valence electrons. The minimum absolute atomic E-state index is 0. The van der Waals surface area contributed by atoms with E-state index in [1.807, 2.05) is 0 Å². The van der Waals surface area contributed by atoms with E-state index in [1.165, 1.54) is 19.1 Å². The number of alkyl halides is 2. The number of nitrogens with two attached hydrogens (primary N) is 1. The van der Waals surface area contributed by atoms with Gasteiger partial charge in [0.15, 0.2) is 0 Å². The number of rotatable bonds is 3. The summed E-state index contributed by atoms with van der Waals surface area (Å²) in [6, 6.07) is 3.84. The minimum atomic E-state index is -2.58. The monoisotopic (exact) mass is 264 g/mol. The van der Waals surface area contributed by atoms with Crippen LogP contribution in [0.3, 0.4) is 0 Å². The third-order valence-electron chi connectivity index (χ3n) is 2.08. The van der Waals surface area contributed by atoms with E-state index in [4.69, 9.17) is 5.73 Å². The zero-order valence-electron chi connectivity index (χ0n) is 9.54. The molecule has 0 aliphatic rings. The second-order valence-electron chi connectivity index (χ2n) is 3.66. The summed E-state index contributed by atoms with van der Waals surface area (Å²) >= 11 is 0. The van der Waals surface area contributed by atoms with Crippen molar-refractivity contribution in [3.8, 4) is 0 Å². The maximum Gasteiger partial charge on any atom is 0.263 e.